The van der Waals surface area contributed by atoms with Gasteiger partial charge in [-0.05, 0) is 29.8 Å². The molecule has 0 saturated heterocycles. The van der Waals surface area contributed by atoms with E-state index < -0.39 is 18.0 Å². The molecule has 4 rings (SSSR count). The molecule has 1 atom stereocenters. The predicted octanol–water partition coefficient (Wildman–Crippen LogP) is 3.12. The summed E-state index contributed by atoms with van der Waals surface area (Å²) in [6.45, 7) is 1.07. The molecule has 0 spiro atoms. The molecular formula is C16H15F3N4O. The van der Waals surface area contributed by atoms with Crippen molar-refractivity contribution in [2.24, 2.45) is 4.99 Å². The largest absolute Gasteiger partial charge is 0.416 e. The van der Waals surface area contributed by atoms with E-state index in [1.807, 2.05) is 4.90 Å². The van der Waals surface area contributed by atoms with Gasteiger partial charge in [0.05, 0.1) is 5.56 Å². The standard InChI is InChI=1S/C16H15F3N4O/c17-16(18,19)10-2-3-13-11(8-10)12-9-22(7-4-14(12)21-13)15-20-5-1-6-23(15)24/h1-3,5-6,8,15,21,24H,4,7,9H2. The number of H-pyrrole nitrogens is 1. The van der Waals surface area contributed by atoms with Crippen molar-refractivity contribution in [3.63, 3.8) is 0 Å². The Hall–Kier alpha value is -2.32. The second kappa shape index (κ2) is 5.35. The minimum atomic E-state index is -4.37. The maximum Gasteiger partial charge on any atom is 0.416 e. The van der Waals surface area contributed by atoms with Gasteiger partial charge in [0.2, 0.25) is 6.29 Å². The Labute approximate surface area is 135 Å². The molecule has 0 saturated carbocycles. The lowest BCUT2D eigenvalue weighted by Crippen LogP contribution is -2.46. The van der Waals surface area contributed by atoms with E-state index in [1.54, 1.807) is 12.3 Å². The third kappa shape index (κ3) is 2.47. The number of alkyl halides is 3. The number of halogens is 3. The monoisotopic (exact) mass is 336 g/mol. The third-order valence-corrected chi connectivity index (χ3v) is 4.44. The fourth-order valence-electron chi connectivity index (χ4n) is 3.27. The molecule has 24 heavy (non-hydrogen) atoms. The Bertz CT molecular complexity index is 840. The van der Waals surface area contributed by atoms with Crippen molar-refractivity contribution in [2.45, 2.75) is 25.4 Å². The molecule has 0 aliphatic carbocycles. The highest BCUT2D eigenvalue weighted by atomic mass is 19.4. The highest BCUT2D eigenvalue weighted by Gasteiger charge is 2.32. The molecule has 1 aromatic heterocycles. The second-order valence-corrected chi connectivity index (χ2v) is 5.93. The molecule has 0 amide bonds. The number of aliphatic imine (C=N–C) groups is 1. The number of hydrogen-bond donors (Lipinski definition) is 2. The van der Waals surface area contributed by atoms with Crippen LogP contribution >= 0.6 is 0 Å². The van der Waals surface area contributed by atoms with Gasteiger partial charge in [-0.2, -0.15) is 13.2 Å². The van der Waals surface area contributed by atoms with Crippen LogP contribution < -0.4 is 0 Å². The number of allylic oxidation sites excluding steroid dienone is 1. The summed E-state index contributed by atoms with van der Waals surface area (Å²) in [7, 11) is 0. The van der Waals surface area contributed by atoms with Crippen LogP contribution in [0.3, 0.4) is 0 Å². The van der Waals surface area contributed by atoms with Crippen molar-refractivity contribution in [3.8, 4) is 0 Å². The molecule has 5 nitrogen and oxygen atoms in total. The van der Waals surface area contributed by atoms with Crippen LogP contribution in [0.25, 0.3) is 10.9 Å². The lowest BCUT2D eigenvalue weighted by atomic mass is 10.0. The average Bonchev–Trinajstić information content (AvgIpc) is 2.91. The summed E-state index contributed by atoms with van der Waals surface area (Å²) >= 11 is 0. The van der Waals surface area contributed by atoms with Crippen LogP contribution in [0, 0.1) is 0 Å². The normalized spacial score (nSPS) is 21.5. The average molecular weight is 336 g/mol. The van der Waals surface area contributed by atoms with Crippen LogP contribution in [0.5, 0.6) is 0 Å². The Morgan fingerprint density at radius 3 is 2.88 bits per heavy atom. The molecule has 2 aliphatic rings. The van der Waals surface area contributed by atoms with Crippen molar-refractivity contribution < 1.29 is 18.4 Å². The summed E-state index contributed by atoms with van der Waals surface area (Å²) in [5, 5.41) is 11.5. The number of nitrogens with one attached hydrogen (secondary N) is 1. The summed E-state index contributed by atoms with van der Waals surface area (Å²) in [6, 6.07) is 3.75. The molecule has 126 valence electrons. The zero-order valence-electron chi connectivity index (χ0n) is 12.6. The lowest BCUT2D eigenvalue weighted by molar-refractivity contribution is -0.137. The second-order valence-electron chi connectivity index (χ2n) is 5.93. The van der Waals surface area contributed by atoms with Gasteiger partial charge >= 0.3 is 6.18 Å². The molecule has 3 heterocycles. The number of hydrogen-bond acceptors (Lipinski definition) is 4. The first-order chi connectivity index (χ1) is 11.4. The van der Waals surface area contributed by atoms with Gasteiger partial charge in [-0.15, -0.1) is 0 Å². The fraction of sp³-hybridized carbons (Fsp3) is 0.312. The van der Waals surface area contributed by atoms with Crippen LogP contribution in [0.2, 0.25) is 0 Å². The van der Waals surface area contributed by atoms with Gasteiger partial charge < -0.3 is 4.98 Å². The van der Waals surface area contributed by atoms with E-state index in [4.69, 9.17) is 0 Å². The highest BCUT2D eigenvalue weighted by Crippen LogP contribution is 2.35. The number of fused-ring (bicyclic) bond motifs is 3. The van der Waals surface area contributed by atoms with E-state index in [9.17, 15) is 18.4 Å². The summed E-state index contributed by atoms with van der Waals surface area (Å²) < 4.78 is 39.0. The van der Waals surface area contributed by atoms with Gasteiger partial charge in [0.25, 0.3) is 0 Å². The maximum atomic E-state index is 13.0. The number of benzene rings is 1. The molecule has 8 heteroatoms. The van der Waals surface area contributed by atoms with E-state index in [-0.39, 0.29) is 0 Å². The highest BCUT2D eigenvalue weighted by molar-refractivity contribution is 5.85. The Kier molecular flexibility index (Phi) is 3.40. The summed E-state index contributed by atoms with van der Waals surface area (Å²) in [4.78, 5) is 9.36. The summed E-state index contributed by atoms with van der Waals surface area (Å²) in [6.07, 6.45) is 0.461. The molecule has 0 radical (unpaired) electrons. The Balaban J connectivity index is 1.71. The molecular weight excluding hydrogens is 321 g/mol. The van der Waals surface area contributed by atoms with Gasteiger partial charge in [0, 0.05) is 48.5 Å². The number of nitrogens with zero attached hydrogens (tertiary/aromatic N) is 3. The predicted molar refractivity (Wildman–Crippen MR) is 82.5 cm³/mol. The van der Waals surface area contributed by atoms with Crippen LogP contribution in [0.4, 0.5) is 13.2 Å². The van der Waals surface area contributed by atoms with Crippen LogP contribution in [-0.4, -0.2) is 39.2 Å². The maximum absolute atomic E-state index is 13.0. The molecule has 2 aromatic rings. The van der Waals surface area contributed by atoms with Crippen molar-refractivity contribution in [1.29, 1.82) is 0 Å². The quantitative estimate of drug-likeness (QED) is 0.841. The van der Waals surface area contributed by atoms with Crippen molar-refractivity contribution in [2.75, 3.05) is 6.54 Å². The summed E-state index contributed by atoms with van der Waals surface area (Å²) in [5.74, 6) is 0. The molecule has 1 unspecified atom stereocenters. The minimum absolute atomic E-state index is 0.420. The zero-order chi connectivity index (χ0) is 16.9. The first-order valence-electron chi connectivity index (χ1n) is 7.55. The third-order valence-electron chi connectivity index (χ3n) is 4.44. The van der Waals surface area contributed by atoms with E-state index in [1.165, 1.54) is 18.3 Å². The van der Waals surface area contributed by atoms with E-state index in [0.717, 1.165) is 22.4 Å². The van der Waals surface area contributed by atoms with E-state index in [0.29, 0.717) is 30.4 Å². The number of rotatable bonds is 1. The molecule has 0 fully saturated rings. The van der Waals surface area contributed by atoms with Crippen molar-refractivity contribution in [3.05, 3.63) is 47.3 Å². The van der Waals surface area contributed by atoms with E-state index >= 15 is 0 Å². The SMILES string of the molecule is ON1C=CC=NC1N1CCc2[nH]c3ccc(C(F)(F)F)cc3c2C1. The molecule has 1 aromatic carbocycles. The number of aromatic amines is 1. The number of aromatic nitrogens is 1. The van der Waals surface area contributed by atoms with E-state index in [2.05, 4.69) is 9.98 Å². The van der Waals surface area contributed by atoms with Crippen LogP contribution in [0.1, 0.15) is 16.8 Å². The molecule has 0 bridgehead atoms. The smallest absolute Gasteiger partial charge is 0.358 e. The van der Waals surface area contributed by atoms with Gasteiger partial charge in [-0.1, -0.05) is 0 Å². The minimum Gasteiger partial charge on any atom is -0.358 e. The Morgan fingerprint density at radius 1 is 1.29 bits per heavy atom. The summed E-state index contributed by atoms with van der Waals surface area (Å²) in [5.41, 5.74) is 1.82. The molecule has 2 N–H and O–H groups in total. The van der Waals surface area contributed by atoms with Crippen LogP contribution in [0.15, 0.2) is 35.5 Å². The lowest BCUT2D eigenvalue weighted by Gasteiger charge is -2.36. The first kappa shape index (κ1) is 15.2. The van der Waals surface area contributed by atoms with Crippen molar-refractivity contribution in [1.82, 2.24) is 14.9 Å². The fourth-order valence-corrected chi connectivity index (χ4v) is 3.27. The first-order valence-corrected chi connectivity index (χ1v) is 7.55. The van der Waals surface area contributed by atoms with Crippen LogP contribution in [-0.2, 0) is 19.1 Å². The topological polar surface area (TPSA) is 54.9 Å². The van der Waals surface area contributed by atoms with Crippen molar-refractivity contribution >= 4 is 17.1 Å². The van der Waals surface area contributed by atoms with Gasteiger partial charge in [0.1, 0.15) is 0 Å². The zero-order valence-corrected chi connectivity index (χ0v) is 12.6. The van der Waals surface area contributed by atoms with Gasteiger partial charge in [-0.3, -0.25) is 15.1 Å². The number of hydroxylamine groups is 2. The van der Waals surface area contributed by atoms with Gasteiger partial charge in [0.15, 0.2) is 0 Å². The Morgan fingerprint density at radius 2 is 2.12 bits per heavy atom. The molecule has 2 aliphatic heterocycles. The van der Waals surface area contributed by atoms with Gasteiger partial charge in [-0.25, -0.2) is 5.06 Å².